The molecule has 7 heteroatoms. The van der Waals surface area contributed by atoms with Crippen molar-refractivity contribution in [2.24, 2.45) is 11.8 Å². The molecule has 1 N–H and O–H groups in total. The second-order valence-electron chi connectivity index (χ2n) is 11.6. The Morgan fingerprint density at radius 3 is 1.63 bits per heavy atom. The molecule has 0 aromatic heterocycles. The van der Waals surface area contributed by atoms with Crippen LogP contribution in [0.15, 0.2) is 91.0 Å². The molecule has 0 bridgehead atoms. The number of aliphatic carboxylic acids is 1. The van der Waals surface area contributed by atoms with E-state index in [1.807, 2.05) is 73.3 Å². The molecular weight excluding hydrogens is 514 g/mol. The highest BCUT2D eigenvalue weighted by molar-refractivity contribution is 5.87. The lowest BCUT2D eigenvalue weighted by Crippen LogP contribution is -2.51. The molecule has 7 nitrogen and oxygen atoms in total. The first-order valence-corrected chi connectivity index (χ1v) is 14.5. The van der Waals surface area contributed by atoms with Gasteiger partial charge in [-0.1, -0.05) is 105 Å². The van der Waals surface area contributed by atoms with Crippen molar-refractivity contribution in [2.45, 2.75) is 44.3 Å². The molecule has 1 unspecified atom stereocenters. The molecule has 0 saturated carbocycles. The molecule has 2 heterocycles. The van der Waals surface area contributed by atoms with Crippen molar-refractivity contribution in [3.8, 4) is 0 Å². The molecular formula is C34H39N3O4. The van der Waals surface area contributed by atoms with Crippen LogP contribution in [0.25, 0.3) is 0 Å². The van der Waals surface area contributed by atoms with Gasteiger partial charge in [-0.3, -0.25) is 14.5 Å². The van der Waals surface area contributed by atoms with Gasteiger partial charge in [-0.25, -0.2) is 4.79 Å². The Labute approximate surface area is 242 Å². The molecule has 3 aromatic carbocycles. The number of hydrogen-bond acceptors (Lipinski definition) is 4. The first-order valence-electron chi connectivity index (χ1n) is 14.5. The van der Waals surface area contributed by atoms with Crippen molar-refractivity contribution in [2.75, 3.05) is 26.7 Å². The summed E-state index contributed by atoms with van der Waals surface area (Å²) < 4.78 is 0. The Balaban J connectivity index is 1.36. The van der Waals surface area contributed by atoms with Gasteiger partial charge in [-0.05, 0) is 35.4 Å². The van der Waals surface area contributed by atoms with Crippen LogP contribution in [-0.4, -0.2) is 76.4 Å². The van der Waals surface area contributed by atoms with Crippen LogP contribution >= 0.6 is 0 Å². The number of carboxylic acids is 1. The van der Waals surface area contributed by atoms with Crippen molar-refractivity contribution in [3.05, 3.63) is 108 Å². The largest absolute Gasteiger partial charge is 0.480 e. The summed E-state index contributed by atoms with van der Waals surface area (Å²) in [6, 6.07) is 30.0. The first-order chi connectivity index (χ1) is 19.8. The Morgan fingerprint density at radius 2 is 1.24 bits per heavy atom. The van der Waals surface area contributed by atoms with Crippen molar-refractivity contribution in [1.29, 1.82) is 0 Å². The van der Waals surface area contributed by atoms with Crippen LogP contribution in [0.5, 0.6) is 0 Å². The molecule has 3 aromatic rings. The number of carboxylic acid groups (broad SMARTS) is 1. The molecule has 214 valence electrons. The minimum Gasteiger partial charge on any atom is -0.480 e. The van der Waals surface area contributed by atoms with E-state index in [4.69, 9.17) is 0 Å². The summed E-state index contributed by atoms with van der Waals surface area (Å²) in [5.74, 6) is -1.53. The SMILES string of the molecule is CC(C)[C@@H](C(=O)O)N(C)C(=O)C1CCN(C(=O)[C@H]2CN2C(c2ccccc2)(c2ccccc2)c2ccccc2)CC1. The molecule has 2 saturated heterocycles. The Bertz CT molecular complexity index is 1260. The third-order valence-electron chi connectivity index (χ3n) is 8.71. The van der Waals surface area contributed by atoms with E-state index in [1.54, 1.807) is 7.05 Å². The fourth-order valence-electron chi connectivity index (χ4n) is 6.64. The van der Waals surface area contributed by atoms with Crippen LogP contribution in [0, 0.1) is 11.8 Å². The van der Waals surface area contributed by atoms with E-state index < -0.39 is 17.6 Å². The summed E-state index contributed by atoms with van der Waals surface area (Å²) in [6.07, 6.45) is 1.07. The van der Waals surface area contributed by atoms with Gasteiger partial charge in [0.05, 0.1) is 5.54 Å². The number of nitrogens with zero attached hydrogens (tertiary/aromatic N) is 3. The lowest BCUT2D eigenvalue weighted by Gasteiger charge is -2.39. The van der Waals surface area contributed by atoms with Gasteiger partial charge in [0.15, 0.2) is 0 Å². The summed E-state index contributed by atoms with van der Waals surface area (Å²) in [5.41, 5.74) is 2.71. The van der Waals surface area contributed by atoms with Gasteiger partial charge in [0.2, 0.25) is 11.8 Å². The summed E-state index contributed by atoms with van der Waals surface area (Å²) in [5, 5.41) is 9.63. The second kappa shape index (κ2) is 11.9. The van der Waals surface area contributed by atoms with Crippen molar-refractivity contribution < 1.29 is 19.5 Å². The molecule has 2 amide bonds. The highest BCUT2D eigenvalue weighted by Gasteiger charge is 2.57. The number of carbonyl (C=O) groups is 3. The maximum atomic E-state index is 13.9. The van der Waals surface area contributed by atoms with Gasteiger partial charge in [0, 0.05) is 32.6 Å². The quantitative estimate of drug-likeness (QED) is 0.313. The zero-order valence-electron chi connectivity index (χ0n) is 24.0. The number of benzene rings is 3. The van der Waals surface area contributed by atoms with Crippen molar-refractivity contribution >= 4 is 17.8 Å². The summed E-state index contributed by atoms with van der Waals surface area (Å²) >= 11 is 0. The average molecular weight is 554 g/mol. The predicted molar refractivity (Wildman–Crippen MR) is 158 cm³/mol. The Kier molecular flexibility index (Phi) is 8.27. The fraction of sp³-hybridized carbons (Fsp3) is 0.382. The number of rotatable bonds is 9. The number of amides is 2. The maximum Gasteiger partial charge on any atom is 0.326 e. The molecule has 2 fully saturated rings. The molecule has 5 rings (SSSR count). The van der Waals surface area contributed by atoms with Crippen LogP contribution in [0.3, 0.4) is 0 Å². The molecule has 3 atom stereocenters. The van der Waals surface area contributed by atoms with Crippen LogP contribution < -0.4 is 0 Å². The Morgan fingerprint density at radius 1 is 0.805 bits per heavy atom. The zero-order chi connectivity index (χ0) is 29.1. The average Bonchev–Trinajstić information content (AvgIpc) is 3.79. The highest BCUT2D eigenvalue weighted by Crippen LogP contribution is 2.48. The second-order valence-corrected chi connectivity index (χ2v) is 11.6. The summed E-state index contributed by atoms with van der Waals surface area (Å²) in [4.78, 5) is 44.4. The number of likely N-dealkylation sites (N-methyl/N-ethyl adjacent to an activating group) is 1. The van der Waals surface area contributed by atoms with E-state index in [9.17, 15) is 19.5 Å². The number of piperidine rings is 1. The molecule has 2 aliphatic rings. The minimum absolute atomic E-state index is 0.0852. The van der Waals surface area contributed by atoms with Gasteiger partial charge < -0.3 is 14.9 Å². The number of likely N-dealkylation sites (tertiary alicyclic amines) is 1. The third kappa shape index (κ3) is 5.38. The normalized spacial score (nSPS) is 20.0. The van der Waals surface area contributed by atoms with Crippen molar-refractivity contribution in [3.63, 3.8) is 0 Å². The van der Waals surface area contributed by atoms with Gasteiger partial charge in [0.1, 0.15) is 12.1 Å². The monoisotopic (exact) mass is 553 g/mol. The van der Waals surface area contributed by atoms with Gasteiger partial charge in [0.25, 0.3) is 0 Å². The summed E-state index contributed by atoms with van der Waals surface area (Å²) in [6.45, 7) is 5.23. The van der Waals surface area contributed by atoms with Crippen LogP contribution in [0.2, 0.25) is 0 Å². The lowest BCUT2D eigenvalue weighted by atomic mass is 9.76. The topological polar surface area (TPSA) is 80.9 Å². The number of carbonyl (C=O) groups excluding carboxylic acids is 2. The minimum atomic E-state index is -0.990. The number of hydrogen-bond donors (Lipinski definition) is 1. The van der Waals surface area contributed by atoms with E-state index in [0.717, 1.165) is 16.7 Å². The molecule has 0 radical (unpaired) electrons. The predicted octanol–water partition coefficient (Wildman–Crippen LogP) is 4.47. The first kappa shape index (κ1) is 28.6. The highest BCUT2D eigenvalue weighted by atomic mass is 16.4. The van der Waals surface area contributed by atoms with E-state index in [1.165, 1.54) is 4.90 Å². The van der Waals surface area contributed by atoms with Crippen LogP contribution in [-0.2, 0) is 19.9 Å². The Hall–Kier alpha value is -3.97. The lowest BCUT2D eigenvalue weighted by molar-refractivity contribution is -0.153. The molecule has 0 aliphatic carbocycles. The molecule has 0 spiro atoms. The third-order valence-corrected chi connectivity index (χ3v) is 8.71. The van der Waals surface area contributed by atoms with E-state index in [2.05, 4.69) is 41.3 Å². The molecule has 41 heavy (non-hydrogen) atoms. The van der Waals surface area contributed by atoms with E-state index in [0.29, 0.717) is 32.5 Å². The van der Waals surface area contributed by atoms with Gasteiger partial charge in [-0.2, -0.15) is 0 Å². The van der Waals surface area contributed by atoms with Crippen molar-refractivity contribution in [1.82, 2.24) is 14.7 Å². The zero-order valence-corrected chi connectivity index (χ0v) is 24.0. The standard InChI is InChI=1S/C34H39N3O4/c1-24(2)30(33(40)41)35(3)31(38)25-19-21-36(22-20-25)32(39)29-23-37(29)34(26-13-7-4-8-14-26,27-15-9-5-10-16-27)28-17-11-6-12-18-28/h4-18,24-25,29-30H,19-23H2,1-3H3,(H,40,41)/t29-,30+,37?/m1/s1. The fourth-order valence-corrected chi connectivity index (χ4v) is 6.64. The van der Waals surface area contributed by atoms with Crippen LogP contribution in [0.4, 0.5) is 0 Å². The van der Waals surface area contributed by atoms with E-state index in [-0.39, 0.29) is 29.7 Å². The van der Waals surface area contributed by atoms with Crippen LogP contribution in [0.1, 0.15) is 43.4 Å². The van der Waals surface area contributed by atoms with E-state index >= 15 is 0 Å². The maximum absolute atomic E-state index is 13.9. The molecule has 2 aliphatic heterocycles. The van der Waals surface area contributed by atoms with Gasteiger partial charge in [-0.15, -0.1) is 0 Å². The van der Waals surface area contributed by atoms with Gasteiger partial charge >= 0.3 is 5.97 Å². The summed E-state index contributed by atoms with van der Waals surface area (Å²) in [7, 11) is 1.58. The smallest absolute Gasteiger partial charge is 0.326 e.